The Morgan fingerprint density at radius 2 is 0.933 bits per heavy atom. The van der Waals surface area contributed by atoms with Crippen molar-refractivity contribution < 1.29 is 44.4 Å². The van der Waals surface area contributed by atoms with E-state index in [1.54, 1.807) is 0 Å². The van der Waals surface area contributed by atoms with Gasteiger partial charge in [-0.05, 0) is 6.04 Å². The van der Waals surface area contributed by atoms with Crippen LogP contribution in [0.2, 0.25) is 0 Å². The van der Waals surface area contributed by atoms with Gasteiger partial charge in [0.05, 0.1) is 13.2 Å². The maximum atomic E-state index is 9.18. The molecular weight excluding hydrogens is 458 g/mol. The first kappa shape index (κ1) is 28.3. The Morgan fingerprint density at radius 3 is 1.17 bits per heavy atom. The molecule has 0 radical (unpaired) electrons. The number of aliphatic hydroxyl groups excluding tert-OH is 2. The first-order chi connectivity index (χ1) is 13.9. The Bertz CT molecular complexity index is 663. The van der Waals surface area contributed by atoms with Crippen LogP contribution in [0.3, 0.4) is 0 Å². The van der Waals surface area contributed by atoms with Gasteiger partial charge in [0, 0.05) is 13.1 Å². The summed E-state index contributed by atoms with van der Waals surface area (Å²) in [5.74, 6) is 0. The number of aliphatic hydroxyl groups is 2. The van der Waals surface area contributed by atoms with E-state index in [0.717, 1.165) is 0 Å². The molecule has 0 aliphatic rings. The molecule has 0 saturated heterocycles. The minimum Gasteiger partial charge on any atom is -0.395 e. The van der Waals surface area contributed by atoms with E-state index in [4.69, 9.17) is 0 Å². The summed E-state index contributed by atoms with van der Waals surface area (Å²) < 4.78 is 0. The zero-order chi connectivity index (χ0) is 19.9. The third kappa shape index (κ3) is 10.4. The fraction of sp³-hybridized carbons (Fsp3) is 0.200. The summed E-state index contributed by atoms with van der Waals surface area (Å²) >= 11 is 0. The molecule has 0 aliphatic heterocycles. The molecule has 4 rings (SSSR count). The third-order valence-electron chi connectivity index (χ3n) is 4.26. The van der Waals surface area contributed by atoms with Crippen LogP contribution < -0.4 is 0 Å². The standard InChI is InChI=1S/C15H19NO2.2C5H5.2Fe/c17-11-9-16(10-12-18)15(13-5-1-2-6-13)14-7-3-4-8-14;2*1-2-4-5-3-1;;/h1-8,15,17-18H,9-12H2;2*1-5H;;/q-2;2*-1;2*+2. The molecule has 3 nitrogen and oxygen atoms in total. The molecule has 0 aromatic heterocycles. The normalized spacial score (nSPS) is 9.60. The minimum absolute atomic E-state index is 0. The van der Waals surface area contributed by atoms with Gasteiger partial charge in [0.1, 0.15) is 0 Å². The van der Waals surface area contributed by atoms with E-state index in [1.165, 1.54) is 11.1 Å². The molecule has 30 heavy (non-hydrogen) atoms. The van der Waals surface area contributed by atoms with Gasteiger partial charge in [-0.3, -0.25) is 0 Å². The van der Waals surface area contributed by atoms with E-state index >= 15 is 0 Å². The van der Waals surface area contributed by atoms with Crippen molar-refractivity contribution in [1.29, 1.82) is 0 Å². The smallest absolute Gasteiger partial charge is 0.395 e. The van der Waals surface area contributed by atoms with E-state index in [9.17, 15) is 10.2 Å². The molecule has 0 spiro atoms. The minimum atomic E-state index is 0. The van der Waals surface area contributed by atoms with Gasteiger partial charge < -0.3 is 15.1 Å². The summed E-state index contributed by atoms with van der Waals surface area (Å²) in [6.07, 6.45) is 0. The van der Waals surface area contributed by atoms with Gasteiger partial charge in [-0.1, -0.05) is 0 Å². The maximum Gasteiger partial charge on any atom is 2.00 e. The van der Waals surface area contributed by atoms with Gasteiger partial charge >= 0.3 is 34.1 Å². The predicted molar refractivity (Wildman–Crippen MR) is 116 cm³/mol. The van der Waals surface area contributed by atoms with E-state index in [0.29, 0.717) is 13.1 Å². The Labute approximate surface area is 201 Å². The number of hydrogen-bond donors (Lipinski definition) is 2. The largest absolute Gasteiger partial charge is 2.00 e. The summed E-state index contributed by atoms with van der Waals surface area (Å²) in [5.41, 5.74) is 2.39. The van der Waals surface area contributed by atoms with Crippen LogP contribution in [0.5, 0.6) is 0 Å². The topological polar surface area (TPSA) is 43.7 Å². The van der Waals surface area contributed by atoms with Gasteiger partial charge in [-0.15, -0.1) is 11.1 Å². The van der Waals surface area contributed by atoms with Crippen molar-refractivity contribution in [2.24, 2.45) is 0 Å². The third-order valence-corrected chi connectivity index (χ3v) is 4.26. The summed E-state index contributed by atoms with van der Waals surface area (Å²) in [4.78, 5) is 2.10. The van der Waals surface area contributed by atoms with Crippen molar-refractivity contribution in [1.82, 2.24) is 4.90 Å². The van der Waals surface area contributed by atoms with Crippen LogP contribution in [0.4, 0.5) is 0 Å². The fourth-order valence-corrected chi connectivity index (χ4v) is 3.02. The number of rotatable bonds is 7. The molecule has 4 aromatic carbocycles. The first-order valence-electron chi connectivity index (χ1n) is 9.59. The van der Waals surface area contributed by atoms with Crippen molar-refractivity contribution in [3.8, 4) is 0 Å². The second kappa shape index (κ2) is 18.1. The summed E-state index contributed by atoms with van der Waals surface area (Å²) in [7, 11) is 0. The van der Waals surface area contributed by atoms with E-state index < -0.39 is 0 Å². The molecule has 162 valence electrons. The van der Waals surface area contributed by atoms with E-state index in [1.807, 2.05) is 84.9 Å². The predicted octanol–water partition coefficient (Wildman–Crippen LogP) is 4.31. The monoisotopic (exact) mass is 487 g/mol. The van der Waals surface area contributed by atoms with Gasteiger partial charge in [0.2, 0.25) is 0 Å². The van der Waals surface area contributed by atoms with Crippen molar-refractivity contribution in [3.05, 3.63) is 120 Å². The van der Waals surface area contributed by atoms with Crippen LogP contribution in [-0.2, 0) is 34.1 Å². The molecule has 2 N–H and O–H groups in total. The average Bonchev–Trinajstić information content (AvgIpc) is 3.55. The van der Waals surface area contributed by atoms with Crippen LogP contribution >= 0.6 is 0 Å². The molecule has 0 bridgehead atoms. The second-order valence-electron chi connectivity index (χ2n) is 6.25. The molecule has 5 heteroatoms. The molecule has 0 saturated carbocycles. The molecule has 4 aromatic rings. The maximum absolute atomic E-state index is 9.18. The Balaban J connectivity index is 0.000000575. The molecule has 0 amide bonds. The molecule has 0 fully saturated rings. The Kier molecular flexibility index (Phi) is 17.1. The van der Waals surface area contributed by atoms with Crippen molar-refractivity contribution in [2.45, 2.75) is 6.04 Å². The van der Waals surface area contributed by atoms with Crippen LogP contribution in [0.1, 0.15) is 17.2 Å². The van der Waals surface area contributed by atoms with Crippen LogP contribution in [-0.4, -0.2) is 41.4 Å². The molecule has 0 heterocycles. The summed E-state index contributed by atoms with van der Waals surface area (Å²) in [5, 5.41) is 18.4. The van der Waals surface area contributed by atoms with Gasteiger partial charge in [-0.2, -0.15) is 60.7 Å². The van der Waals surface area contributed by atoms with Gasteiger partial charge in [0.25, 0.3) is 0 Å². The van der Waals surface area contributed by atoms with Crippen LogP contribution in [0.15, 0.2) is 109 Å². The van der Waals surface area contributed by atoms with Crippen molar-refractivity contribution >= 4 is 0 Å². The Hall–Kier alpha value is -1.68. The average molecular weight is 487 g/mol. The summed E-state index contributed by atoms with van der Waals surface area (Å²) in [6, 6.07) is 36.5. The number of hydrogen-bond acceptors (Lipinski definition) is 3. The quantitative estimate of drug-likeness (QED) is 0.302. The van der Waals surface area contributed by atoms with Crippen LogP contribution in [0.25, 0.3) is 0 Å². The zero-order valence-corrected chi connectivity index (χ0v) is 19.1. The van der Waals surface area contributed by atoms with Crippen LogP contribution in [0, 0.1) is 0 Å². The van der Waals surface area contributed by atoms with E-state index in [2.05, 4.69) is 29.2 Å². The van der Waals surface area contributed by atoms with Crippen molar-refractivity contribution in [3.63, 3.8) is 0 Å². The molecule has 0 atom stereocenters. The van der Waals surface area contributed by atoms with Gasteiger partial charge in [0.15, 0.2) is 0 Å². The molecule has 0 unspecified atom stereocenters. The second-order valence-corrected chi connectivity index (χ2v) is 6.25. The summed E-state index contributed by atoms with van der Waals surface area (Å²) in [6.45, 7) is 1.30. The molecule has 0 aliphatic carbocycles. The number of nitrogens with zero attached hydrogens (tertiary/aromatic N) is 1. The van der Waals surface area contributed by atoms with Gasteiger partial charge in [-0.25, -0.2) is 48.5 Å². The zero-order valence-electron chi connectivity index (χ0n) is 16.8. The molecular formula is C25H29Fe2NO2. The van der Waals surface area contributed by atoms with Crippen molar-refractivity contribution in [2.75, 3.05) is 26.3 Å². The fourth-order valence-electron chi connectivity index (χ4n) is 3.02. The SMILES string of the molecule is OCCN(CCO)C([c-]1cccc1)[c-]1cccc1.[Fe+2].[Fe+2].c1cc[cH-]c1.c1cc[cH-]c1. The van der Waals surface area contributed by atoms with E-state index in [-0.39, 0.29) is 53.4 Å². The first-order valence-corrected chi connectivity index (χ1v) is 9.59. The Morgan fingerprint density at radius 1 is 0.600 bits per heavy atom.